The Hall–Kier alpha value is -1.28. The van der Waals surface area contributed by atoms with Crippen LogP contribution in [0.25, 0.3) is 6.08 Å². The first-order chi connectivity index (χ1) is 6.42. The smallest absolute Gasteiger partial charge is 0.189 e. The molecule has 1 aliphatic heterocycles. The van der Waals surface area contributed by atoms with E-state index in [4.69, 9.17) is 9.47 Å². The maximum absolute atomic E-state index is 5.43. The molecular weight excluding hydrogens is 164 g/mol. The van der Waals surface area contributed by atoms with Gasteiger partial charge < -0.3 is 9.47 Å². The first-order valence-electron chi connectivity index (χ1n) is 4.37. The zero-order chi connectivity index (χ0) is 9.10. The highest BCUT2D eigenvalue weighted by atomic mass is 16.7. The van der Waals surface area contributed by atoms with E-state index in [0.717, 1.165) is 16.9 Å². The van der Waals surface area contributed by atoms with Crippen LogP contribution in [0.15, 0.2) is 24.3 Å². The third kappa shape index (κ3) is 1.58. The lowest BCUT2D eigenvalue weighted by Gasteiger charge is -2.19. The van der Waals surface area contributed by atoms with Gasteiger partial charge in [0.1, 0.15) is 5.75 Å². The van der Waals surface area contributed by atoms with Crippen molar-refractivity contribution in [2.24, 2.45) is 0 Å². The number of para-hydroxylation sites is 1. The number of hydrogen-bond donors (Lipinski definition) is 0. The Balaban J connectivity index is 2.45. The summed E-state index contributed by atoms with van der Waals surface area (Å²) in [7, 11) is 0. The monoisotopic (exact) mass is 176 g/mol. The maximum Gasteiger partial charge on any atom is 0.189 e. The summed E-state index contributed by atoms with van der Waals surface area (Å²) in [6.07, 6.45) is 4.05. The van der Waals surface area contributed by atoms with Gasteiger partial charge in [0.25, 0.3) is 0 Å². The van der Waals surface area contributed by atoms with Crippen molar-refractivity contribution >= 4 is 6.08 Å². The molecule has 0 radical (unpaired) electrons. The van der Waals surface area contributed by atoms with Crippen LogP contribution in [0, 0.1) is 0 Å². The summed E-state index contributed by atoms with van der Waals surface area (Å²) in [4.78, 5) is 0. The Morgan fingerprint density at radius 3 is 3.15 bits per heavy atom. The lowest BCUT2D eigenvalue weighted by molar-refractivity contribution is -0.0165. The summed E-state index contributed by atoms with van der Waals surface area (Å²) in [5, 5.41) is 0. The Bertz CT molecular complexity index is 329. The summed E-state index contributed by atoms with van der Waals surface area (Å²) < 4.78 is 10.6. The normalized spacial score (nSPS) is 15.5. The molecule has 68 valence electrons. The molecule has 0 atom stereocenters. The number of rotatable bonds is 1. The maximum atomic E-state index is 5.43. The van der Waals surface area contributed by atoms with Crippen molar-refractivity contribution in [1.29, 1.82) is 0 Å². The Kier molecular flexibility index (Phi) is 2.32. The van der Waals surface area contributed by atoms with Crippen molar-refractivity contribution in [1.82, 2.24) is 0 Å². The number of benzene rings is 1. The highest BCUT2D eigenvalue weighted by Gasteiger charge is 2.12. The van der Waals surface area contributed by atoms with Crippen LogP contribution in [-0.2, 0) is 11.3 Å². The molecule has 13 heavy (non-hydrogen) atoms. The molecule has 0 unspecified atom stereocenters. The van der Waals surface area contributed by atoms with E-state index in [1.165, 1.54) is 0 Å². The summed E-state index contributed by atoms with van der Waals surface area (Å²) >= 11 is 0. The quantitative estimate of drug-likeness (QED) is 0.654. The minimum Gasteiger partial charge on any atom is -0.467 e. The minimum atomic E-state index is 0.363. The van der Waals surface area contributed by atoms with Crippen LogP contribution in [0.5, 0.6) is 5.75 Å². The van der Waals surface area contributed by atoms with E-state index < -0.39 is 0 Å². The van der Waals surface area contributed by atoms with Gasteiger partial charge in [-0.2, -0.15) is 0 Å². The lowest BCUT2D eigenvalue weighted by Crippen LogP contribution is -2.11. The van der Waals surface area contributed by atoms with Crippen molar-refractivity contribution in [3.63, 3.8) is 0 Å². The number of ether oxygens (including phenoxy) is 2. The standard InChI is InChI=1S/C11H12O2/c1-2-4-9-5-3-6-10-7-12-8-13-11(9)10/h2-6H,7-8H2,1H3/b4-2-. The molecule has 0 amide bonds. The first-order valence-corrected chi connectivity index (χ1v) is 4.37. The number of hydrogen-bond acceptors (Lipinski definition) is 2. The molecule has 0 saturated heterocycles. The van der Waals surface area contributed by atoms with E-state index in [9.17, 15) is 0 Å². The Labute approximate surface area is 77.8 Å². The van der Waals surface area contributed by atoms with Crippen molar-refractivity contribution in [3.8, 4) is 5.75 Å². The molecule has 0 bridgehead atoms. The van der Waals surface area contributed by atoms with E-state index in [-0.39, 0.29) is 0 Å². The van der Waals surface area contributed by atoms with Crippen LogP contribution in [-0.4, -0.2) is 6.79 Å². The van der Waals surface area contributed by atoms with Gasteiger partial charge in [0, 0.05) is 11.1 Å². The molecule has 0 aromatic heterocycles. The Morgan fingerprint density at radius 2 is 2.31 bits per heavy atom. The second-order valence-corrected chi connectivity index (χ2v) is 2.95. The van der Waals surface area contributed by atoms with Crippen LogP contribution in [0.1, 0.15) is 18.1 Å². The van der Waals surface area contributed by atoms with Crippen molar-refractivity contribution in [3.05, 3.63) is 35.4 Å². The fourth-order valence-corrected chi connectivity index (χ4v) is 1.46. The van der Waals surface area contributed by atoms with Crippen LogP contribution < -0.4 is 4.74 Å². The summed E-state index contributed by atoms with van der Waals surface area (Å²) in [5.74, 6) is 0.965. The topological polar surface area (TPSA) is 18.5 Å². The summed E-state index contributed by atoms with van der Waals surface area (Å²) in [5.41, 5.74) is 2.25. The predicted molar refractivity (Wildman–Crippen MR) is 51.4 cm³/mol. The summed E-state index contributed by atoms with van der Waals surface area (Å²) in [6, 6.07) is 6.10. The molecule has 0 saturated carbocycles. The van der Waals surface area contributed by atoms with Crippen molar-refractivity contribution in [2.45, 2.75) is 13.5 Å². The molecule has 1 aromatic rings. The largest absolute Gasteiger partial charge is 0.467 e. The van der Waals surface area contributed by atoms with Crippen LogP contribution in [0.2, 0.25) is 0 Å². The lowest BCUT2D eigenvalue weighted by atomic mass is 10.1. The average Bonchev–Trinajstić information content (AvgIpc) is 2.19. The predicted octanol–water partition coefficient (Wildman–Crippen LogP) is 2.59. The van der Waals surface area contributed by atoms with Gasteiger partial charge in [-0.1, -0.05) is 30.4 Å². The minimum absolute atomic E-state index is 0.363. The fourth-order valence-electron chi connectivity index (χ4n) is 1.46. The van der Waals surface area contributed by atoms with Gasteiger partial charge in [0.2, 0.25) is 0 Å². The van der Waals surface area contributed by atoms with E-state index in [2.05, 4.69) is 0 Å². The van der Waals surface area contributed by atoms with Gasteiger partial charge in [-0.25, -0.2) is 0 Å². The van der Waals surface area contributed by atoms with E-state index in [0.29, 0.717) is 13.4 Å². The van der Waals surface area contributed by atoms with Crippen LogP contribution in [0.4, 0.5) is 0 Å². The third-order valence-corrected chi connectivity index (χ3v) is 2.02. The van der Waals surface area contributed by atoms with E-state index >= 15 is 0 Å². The number of allylic oxidation sites excluding steroid dienone is 1. The molecular formula is C11H12O2. The van der Waals surface area contributed by atoms with Gasteiger partial charge in [0.05, 0.1) is 6.61 Å². The summed E-state index contributed by atoms with van der Waals surface area (Å²) in [6.45, 7) is 3.01. The zero-order valence-electron chi connectivity index (χ0n) is 7.62. The van der Waals surface area contributed by atoms with Crippen molar-refractivity contribution < 1.29 is 9.47 Å². The Morgan fingerprint density at radius 1 is 1.38 bits per heavy atom. The van der Waals surface area contributed by atoms with Gasteiger partial charge in [0.15, 0.2) is 6.79 Å². The van der Waals surface area contributed by atoms with Crippen molar-refractivity contribution in [2.75, 3.05) is 6.79 Å². The van der Waals surface area contributed by atoms with Gasteiger partial charge >= 0.3 is 0 Å². The number of fused-ring (bicyclic) bond motifs is 1. The second kappa shape index (κ2) is 3.62. The SMILES string of the molecule is C/C=C\c1cccc2c1OCOC2. The van der Waals surface area contributed by atoms with Gasteiger partial charge in [-0.3, -0.25) is 0 Å². The average molecular weight is 176 g/mol. The molecule has 1 heterocycles. The van der Waals surface area contributed by atoms with E-state index in [1.54, 1.807) is 0 Å². The zero-order valence-corrected chi connectivity index (χ0v) is 7.62. The molecule has 1 aromatic carbocycles. The second-order valence-electron chi connectivity index (χ2n) is 2.95. The molecule has 0 spiro atoms. The van der Waals surface area contributed by atoms with Crippen LogP contribution in [0.3, 0.4) is 0 Å². The molecule has 2 heteroatoms. The highest BCUT2D eigenvalue weighted by Crippen LogP contribution is 2.28. The molecule has 0 fully saturated rings. The molecule has 1 aliphatic rings. The van der Waals surface area contributed by atoms with Crippen LogP contribution >= 0.6 is 0 Å². The third-order valence-electron chi connectivity index (χ3n) is 2.02. The molecule has 2 nitrogen and oxygen atoms in total. The fraction of sp³-hybridized carbons (Fsp3) is 0.273. The molecule has 0 N–H and O–H groups in total. The molecule has 2 rings (SSSR count). The van der Waals surface area contributed by atoms with E-state index in [1.807, 2.05) is 37.3 Å². The first kappa shape index (κ1) is 8.32. The van der Waals surface area contributed by atoms with Gasteiger partial charge in [-0.15, -0.1) is 0 Å². The van der Waals surface area contributed by atoms with Gasteiger partial charge in [-0.05, 0) is 6.92 Å². The molecule has 0 aliphatic carbocycles. The highest BCUT2D eigenvalue weighted by molar-refractivity contribution is 5.59.